The topological polar surface area (TPSA) is 63.8 Å². The Morgan fingerprint density at radius 2 is 1.86 bits per heavy atom. The van der Waals surface area contributed by atoms with Crippen LogP contribution in [0.25, 0.3) is 11.3 Å². The molecular weight excluding hydrogens is 323 g/mol. The van der Waals surface area contributed by atoms with Crippen molar-refractivity contribution in [3.8, 4) is 11.3 Å². The van der Waals surface area contributed by atoms with Crippen LogP contribution in [0.1, 0.15) is 0 Å². The molecule has 0 aliphatic rings. The van der Waals surface area contributed by atoms with Crippen LogP contribution in [-0.2, 0) is 0 Å². The molecule has 3 N–H and O–H groups in total. The third-order valence-corrected chi connectivity index (χ3v) is 3.73. The summed E-state index contributed by atoms with van der Waals surface area (Å²) in [4.78, 5) is 8.81. The van der Waals surface area contributed by atoms with Gasteiger partial charge in [0.2, 0.25) is 0 Å². The van der Waals surface area contributed by atoms with Crippen LogP contribution in [0.3, 0.4) is 0 Å². The second-order valence-electron chi connectivity index (χ2n) is 4.64. The van der Waals surface area contributed by atoms with Crippen molar-refractivity contribution < 1.29 is 0 Å². The minimum absolute atomic E-state index is 0.560. The van der Waals surface area contributed by atoms with Crippen LogP contribution in [0.15, 0.2) is 60.8 Å². The number of aromatic nitrogens is 2. The van der Waals surface area contributed by atoms with Gasteiger partial charge in [-0.2, -0.15) is 0 Å². The van der Waals surface area contributed by atoms with E-state index in [0.29, 0.717) is 11.6 Å². The molecule has 0 aliphatic heterocycles. The number of nitrogens with zero attached hydrogens (tertiary/aromatic N) is 2. The van der Waals surface area contributed by atoms with Gasteiger partial charge in [-0.15, -0.1) is 0 Å². The first-order valence-electron chi connectivity index (χ1n) is 6.52. The van der Waals surface area contributed by atoms with E-state index in [0.717, 1.165) is 16.9 Å². The molecule has 0 amide bonds. The van der Waals surface area contributed by atoms with Crippen LogP contribution < -0.4 is 15.4 Å². The monoisotopic (exact) mass is 338 g/mol. The molecule has 1 atom stereocenters. The second kappa shape index (κ2) is 5.98. The van der Waals surface area contributed by atoms with Crippen molar-refractivity contribution in [2.45, 2.75) is 0 Å². The number of hydrogen-bond donors (Lipinski definition) is 2. The molecular formula is C16H15AsN4. The van der Waals surface area contributed by atoms with Crippen molar-refractivity contribution in [3.05, 3.63) is 60.8 Å². The minimum atomic E-state index is 0.560. The van der Waals surface area contributed by atoms with Gasteiger partial charge >= 0.3 is 132 Å². The normalized spacial score (nSPS) is 10.3. The predicted octanol–water partition coefficient (Wildman–Crippen LogP) is 1.73. The van der Waals surface area contributed by atoms with Gasteiger partial charge in [-0.1, -0.05) is 0 Å². The Morgan fingerprint density at radius 3 is 2.67 bits per heavy atom. The first-order chi connectivity index (χ1) is 10.2. The number of anilines is 3. The Labute approximate surface area is 131 Å². The van der Waals surface area contributed by atoms with Crippen LogP contribution in [-0.4, -0.2) is 26.8 Å². The molecule has 0 radical (unpaired) electrons. The Balaban J connectivity index is 1.90. The van der Waals surface area contributed by atoms with E-state index in [1.54, 1.807) is 23.0 Å². The Kier molecular flexibility index (Phi) is 3.89. The van der Waals surface area contributed by atoms with Gasteiger partial charge in [0, 0.05) is 0 Å². The molecule has 0 bridgehead atoms. The van der Waals surface area contributed by atoms with E-state index in [4.69, 9.17) is 5.73 Å². The molecule has 5 heteroatoms. The van der Waals surface area contributed by atoms with E-state index < -0.39 is 0 Å². The molecule has 0 spiro atoms. The Bertz CT molecular complexity index is 773. The number of rotatable bonds is 3. The molecule has 104 valence electrons. The number of benzene rings is 2. The number of nitrogens with two attached hydrogens (primary N) is 1. The molecule has 2 aromatic carbocycles. The number of nitrogen functional groups attached to an aromatic ring is 1. The summed E-state index contributed by atoms with van der Waals surface area (Å²) in [7, 11) is 0. The summed E-state index contributed by atoms with van der Waals surface area (Å²) in [5.74, 6) is 0.560. The quantitative estimate of drug-likeness (QED) is 0.564. The van der Waals surface area contributed by atoms with E-state index in [1.807, 2.05) is 36.4 Å². The zero-order valence-corrected chi connectivity index (χ0v) is 13.7. The second-order valence-corrected chi connectivity index (χ2v) is 6.04. The van der Waals surface area contributed by atoms with E-state index in [-0.39, 0.29) is 0 Å². The van der Waals surface area contributed by atoms with Crippen molar-refractivity contribution in [1.29, 1.82) is 0 Å². The maximum absolute atomic E-state index is 5.77. The molecule has 1 aromatic heterocycles. The summed E-state index contributed by atoms with van der Waals surface area (Å²) in [5.41, 5.74) is 9.34. The van der Waals surface area contributed by atoms with Crippen LogP contribution in [0.2, 0.25) is 0 Å². The van der Waals surface area contributed by atoms with Crippen LogP contribution in [0.5, 0.6) is 0 Å². The van der Waals surface area contributed by atoms with E-state index in [1.165, 1.54) is 4.35 Å². The summed E-state index contributed by atoms with van der Waals surface area (Å²) in [6.45, 7) is 0. The molecule has 3 aromatic rings. The van der Waals surface area contributed by atoms with Gasteiger partial charge in [-0.3, -0.25) is 0 Å². The van der Waals surface area contributed by atoms with Gasteiger partial charge in [-0.05, 0) is 0 Å². The van der Waals surface area contributed by atoms with Crippen molar-refractivity contribution in [2.75, 3.05) is 11.1 Å². The molecule has 21 heavy (non-hydrogen) atoms. The first-order valence-corrected chi connectivity index (χ1v) is 7.73. The zero-order chi connectivity index (χ0) is 14.7. The summed E-state index contributed by atoms with van der Waals surface area (Å²) >= 11 is 1.60. The zero-order valence-electron chi connectivity index (χ0n) is 11.3. The Morgan fingerprint density at radius 1 is 1.00 bits per heavy atom. The van der Waals surface area contributed by atoms with Gasteiger partial charge in [0.25, 0.3) is 0 Å². The third-order valence-electron chi connectivity index (χ3n) is 2.98. The van der Waals surface area contributed by atoms with Crippen LogP contribution >= 0.6 is 0 Å². The summed E-state index contributed by atoms with van der Waals surface area (Å²) < 4.78 is 1.27. The average Bonchev–Trinajstić information content (AvgIpc) is 2.47. The van der Waals surface area contributed by atoms with Crippen LogP contribution in [0.4, 0.5) is 17.3 Å². The molecule has 3 rings (SSSR count). The summed E-state index contributed by atoms with van der Waals surface area (Å²) in [5, 5.41) is 3.17. The molecule has 0 saturated heterocycles. The van der Waals surface area contributed by atoms with Crippen molar-refractivity contribution >= 4 is 38.5 Å². The molecule has 1 unspecified atom stereocenters. The molecule has 4 nitrogen and oxygen atoms in total. The fraction of sp³-hybridized carbons (Fsp3) is 0. The Hall–Kier alpha value is -2.32. The van der Waals surface area contributed by atoms with E-state index >= 15 is 0 Å². The van der Waals surface area contributed by atoms with Crippen LogP contribution in [0, 0.1) is 0 Å². The average molecular weight is 338 g/mol. The van der Waals surface area contributed by atoms with Crippen molar-refractivity contribution in [3.63, 3.8) is 0 Å². The molecule has 0 aliphatic carbocycles. The van der Waals surface area contributed by atoms with Gasteiger partial charge in [0.1, 0.15) is 0 Å². The standard InChI is InChI=1S/C16H15AsN4/c17-12-4-1-3-11(9-12)15-7-8-19-16(21-15)20-14-6-2-5-13(18)10-14/h1-10H,17-18H2,(H,19,20,21). The SMILES string of the molecule is Nc1cccc(Nc2nccc(-c3cccc([AsH2])c3)n2)c1. The fourth-order valence-electron chi connectivity index (χ4n) is 2.02. The predicted molar refractivity (Wildman–Crippen MR) is 89.8 cm³/mol. The molecule has 0 saturated carbocycles. The summed E-state index contributed by atoms with van der Waals surface area (Å²) in [6.07, 6.45) is 1.75. The fourth-order valence-corrected chi connectivity index (χ4v) is 2.63. The molecule has 0 fully saturated rings. The number of hydrogen-bond acceptors (Lipinski definition) is 4. The van der Waals surface area contributed by atoms with E-state index in [2.05, 4.69) is 33.5 Å². The number of nitrogens with one attached hydrogen (secondary N) is 1. The van der Waals surface area contributed by atoms with Gasteiger partial charge < -0.3 is 0 Å². The third kappa shape index (κ3) is 3.41. The van der Waals surface area contributed by atoms with E-state index in [9.17, 15) is 0 Å². The van der Waals surface area contributed by atoms with Crippen molar-refractivity contribution in [2.24, 2.45) is 0 Å². The maximum atomic E-state index is 5.77. The first kappa shape index (κ1) is 13.7. The summed E-state index contributed by atoms with van der Waals surface area (Å²) in [6, 6.07) is 17.7. The van der Waals surface area contributed by atoms with Crippen molar-refractivity contribution in [1.82, 2.24) is 9.97 Å². The van der Waals surface area contributed by atoms with Gasteiger partial charge in [-0.25, -0.2) is 0 Å². The van der Waals surface area contributed by atoms with Gasteiger partial charge in [0.05, 0.1) is 0 Å². The molecule has 1 heterocycles. The van der Waals surface area contributed by atoms with Gasteiger partial charge in [0.15, 0.2) is 0 Å².